The number of H-pyrrole nitrogens is 1. The number of halogens is 1. The average Bonchev–Trinajstić information content (AvgIpc) is 2.60. The molecular weight excluding hydrogens is 350 g/mol. The predicted molar refractivity (Wildman–Crippen MR) is 105 cm³/mol. The van der Waals surface area contributed by atoms with E-state index in [9.17, 15) is 9.59 Å². The Balaban J connectivity index is 2.04. The number of nitrogens with one attached hydrogen (secondary N) is 2. The van der Waals surface area contributed by atoms with Crippen molar-refractivity contribution in [3.05, 3.63) is 80.7 Å². The molecule has 0 aliphatic rings. The van der Waals surface area contributed by atoms with E-state index in [1.54, 1.807) is 18.2 Å². The Morgan fingerprint density at radius 3 is 2.62 bits per heavy atom. The van der Waals surface area contributed by atoms with Crippen molar-refractivity contribution in [2.45, 2.75) is 26.9 Å². The second-order valence-electron chi connectivity index (χ2n) is 6.26. The number of carbonyl (C=O) groups excluding carboxylic acids is 1. The van der Waals surface area contributed by atoms with E-state index in [0.29, 0.717) is 11.6 Å². The third-order valence-corrected chi connectivity index (χ3v) is 4.32. The van der Waals surface area contributed by atoms with E-state index in [2.05, 4.69) is 28.7 Å². The summed E-state index contributed by atoms with van der Waals surface area (Å²) in [5.41, 5.74) is 2.31. The standard InChI is InChI=1S/C20H24ClN3O2/c1-4-24(12-14(2)3)13-16-9-10-17(20(26)23-16)19(25)22-11-15-7-5-6-8-18(15)21/h5-10H,2,4,11-13H2,1,3H3,(H,22,25)(H,23,26). The highest BCUT2D eigenvalue weighted by atomic mass is 35.5. The zero-order valence-corrected chi connectivity index (χ0v) is 15.9. The molecule has 6 heteroatoms. The molecule has 2 rings (SSSR count). The zero-order chi connectivity index (χ0) is 19.1. The molecule has 0 radical (unpaired) electrons. The molecule has 1 heterocycles. The summed E-state index contributed by atoms with van der Waals surface area (Å²) in [6.07, 6.45) is 0. The molecule has 0 aliphatic heterocycles. The van der Waals surface area contributed by atoms with Crippen LogP contribution in [0.4, 0.5) is 0 Å². The van der Waals surface area contributed by atoms with Crippen LogP contribution in [0.5, 0.6) is 0 Å². The van der Waals surface area contributed by atoms with Gasteiger partial charge in [0, 0.05) is 30.4 Å². The third-order valence-electron chi connectivity index (χ3n) is 3.95. The van der Waals surface area contributed by atoms with Gasteiger partial charge in [-0.2, -0.15) is 0 Å². The highest BCUT2D eigenvalue weighted by Gasteiger charge is 2.12. The van der Waals surface area contributed by atoms with Gasteiger partial charge in [-0.25, -0.2) is 0 Å². The van der Waals surface area contributed by atoms with E-state index in [4.69, 9.17) is 11.6 Å². The van der Waals surface area contributed by atoms with Crippen molar-refractivity contribution in [1.29, 1.82) is 0 Å². The molecule has 2 N–H and O–H groups in total. The molecule has 0 aliphatic carbocycles. The lowest BCUT2D eigenvalue weighted by Crippen LogP contribution is -2.31. The van der Waals surface area contributed by atoms with Crippen LogP contribution in [0.1, 0.15) is 35.5 Å². The Labute approximate surface area is 158 Å². The minimum Gasteiger partial charge on any atom is -0.348 e. The maximum atomic E-state index is 12.3. The summed E-state index contributed by atoms with van der Waals surface area (Å²) in [4.78, 5) is 29.5. The summed E-state index contributed by atoms with van der Waals surface area (Å²) in [5.74, 6) is -0.424. The normalized spacial score (nSPS) is 10.8. The molecule has 0 unspecified atom stereocenters. The maximum Gasteiger partial charge on any atom is 0.261 e. The smallest absolute Gasteiger partial charge is 0.261 e. The van der Waals surface area contributed by atoms with Crippen LogP contribution in [0.15, 0.2) is 53.3 Å². The molecule has 26 heavy (non-hydrogen) atoms. The number of hydrogen-bond acceptors (Lipinski definition) is 3. The Hall–Kier alpha value is -2.37. The number of aromatic nitrogens is 1. The van der Waals surface area contributed by atoms with Crippen LogP contribution < -0.4 is 10.9 Å². The molecule has 2 aromatic rings. The third kappa shape index (κ3) is 5.58. The van der Waals surface area contributed by atoms with Crippen LogP contribution in [0.2, 0.25) is 5.02 Å². The monoisotopic (exact) mass is 373 g/mol. The fraction of sp³-hybridized carbons (Fsp3) is 0.300. The molecule has 0 atom stereocenters. The van der Waals surface area contributed by atoms with E-state index in [0.717, 1.165) is 29.9 Å². The van der Waals surface area contributed by atoms with Crippen molar-refractivity contribution in [1.82, 2.24) is 15.2 Å². The van der Waals surface area contributed by atoms with Gasteiger partial charge < -0.3 is 10.3 Å². The lowest BCUT2D eigenvalue weighted by molar-refractivity contribution is 0.0949. The molecule has 1 aromatic heterocycles. The summed E-state index contributed by atoms with van der Waals surface area (Å²) in [5, 5.41) is 3.31. The first-order valence-corrected chi connectivity index (χ1v) is 8.89. The first kappa shape index (κ1) is 19.9. The van der Waals surface area contributed by atoms with E-state index in [-0.39, 0.29) is 12.1 Å². The first-order chi connectivity index (χ1) is 12.4. The highest BCUT2D eigenvalue weighted by molar-refractivity contribution is 6.31. The van der Waals surface area contributed by atoms with Crippen molar-refractivity contribution in [3.63, 3.8) is 0 Å². The molecule has 0 fully saturated rings. The Morgan fingerprint density at radius 2 is 2.00 bits per heavy atom. The number of nitrogens with zero attached hydrogens (tertiary/aromatic N) is 1. The summed E-state index contributed by atoms with van der Waals surface area (Å²) >= 11 is 6.07. The van der Waals surface area contributed by atoms with Crippen molar-refractivity contribution in [2.75, 3.05) is 13.1 Å². The second-order valence-corrected chi connectivity index (χ2v) is 6.67. The lowest BCUT2D eigenvalue weighted by atomic mass is 10.2. The molecule has 138 valence electrons. The van der Waals surface area contributed by atoms with Crippen LogP contribution in [0, 0.1) is 0 Å². The predicted octanol–water partition coefficient (Wildman–Crippen LogP) is 3.36. The van der Waals surface area contributed by atoms with Gasteiger partial charge in [0.25, 0.3) is 11.5 Å². The second kappa shape index (κ2) is 9.36. The van der Waals surface area contributed by atoms with Crippen molar-refractivity contribution in [3.8, 4) is 0 Å². The number of aromatic amines is 1. The van der Waals surface area contributed by atoms with Gasteiger partial charge in [0.15, 0.2) is 0 Å². The van der Waals surface area contributed by atoms with E-state index < -0.39 is 11.5 Å². The topological polar surface area (TPSA) is 65.2 Å². The largest absolute Gasteiger partial charge is 0.348 e. The summed E-state index contributed by atoms with van der Waals surface area (Å²) < 4.78 is 0. The quantitative estimate of drug-likeness (QED) is 0.697. The Bertz CT molecular complexity index is 845. The average molecular weight is 374 g/mol. The summed E-state index contributed by atoms with van der Waals surface area (Å²) in [7, 11) is 0. The van der Waals surface area contributed by atoms with Gasteiger partial charge in [-0.15, -0.1) is 0 Å². The number of benzene rings is 1. The Morgan fingerprint density at radius 1 is 1.27 bits per heavy atom. The van der Waals surface area contributed by atoms with Gasteiger partial charge in [-0.1, -0.05) is 48.9 Å². The zero-order valence-electron chi connectivity index (χ0n) is 15.1. The number of amides is 1. The van der Waals surface area contributed by atoms with Crippen LogP contribution in [-0.4, -0.2) is 28.9 Å². The molecule has 1 amide bonds. The minimum atomic E-state index is -0.424. The molecule has 0 bridgehead atoms. The molecule has 5 nitrogen and oxygen atoms in total. The summed E-state index contributed by atoms with van der Waals surface area (Å²) in [6.45, 7) is 10.4. The van der Waals surface area contributed by atoms with Gasteiger partial charge >= 0.3 is 0 Å². The summed E-state index contributed by atoms with van der Waals surface area (Å²) in [6, 6.07) is 10.6. The van der Waals surface area contributed by atoms with E-state index in [1.165, 1.54) is 0 Å². The number of likely N-dealkylation sites (N-methyl/N-ethyl adjacent to an activating group) is 1. The molecule has 0 saturated heterocycles. The fourth-order valence-corrected chi connectivity index (χ4v) is 2.80. The fourth-order valence-electron chi connectivity index (χ4n) is 2.60. The lowest BCUT2D eigenvalue weighted by Gasteiger charge is -2.20. The SMILES string of the molecule is C=C(C)CN(CC)Cc1ccc(C(=O)NCc2ccccc2Cl)c(=O)[nH]1. The van der Waals surface area contributed by atoms with Crippen LogP contribution >= 0.6 is 11.6 Å². The maximum absolute atomic E-state index is 12.3. The van der Waals surface area contributed by atoms with Gasteiger partial charge in [-0.05, 0) is 37.2 Å². The first-order valence-electron chi connectivity index (χ1n) is 8.51. The number of pyridine rings is 1. The minimum absolute atomic E-state index is 0.0868. The number of hydrogen-bond donors (Lipinski definition) is 2. The molecule has 1 aromatic carbocycles. The van der Waals surface area contributed by atoms with Gasteiger partial charge in [0.05, 0.1) is 0 Å². The van der Waals surface area contributed by atoms with Crippen molar-refractivity contribution >= 4 is 17.5 Å². The van der Waals surface area contributed by atoms with Crippen molar-refractivity contribution < 1.29 is 4.79 Å². The Kier molecular flexibility index (Phi) is 7.18. The van der Waals surface area contributed by atoms with E-state index >= 15 is 0 Å². The van der Waals surface area contributed by atoms with Crippen LogP contribution in [0.3, 0.4) is 0 Å². The van der Waals surface area contributed by atoms with Gasteiger partial charge in [0.1, 0.15) is 5.56 Å². The van der Waals surface area contributed by atoms with Gasteiger partial charge in [0.2, 0.25) is 0 Å². The molecule has 0 spiro atoms. The van der Waals surface area contributed by atoms with Crippen LogP contribution in [0.25, 0.3) is 0 Å². The van der Waals surface area contributed by atoms with Gasteiger partial charge in [-0.3, -0.25) is 14.5 Å². The number of rotatable bonds is 8. The molecule has 0 saturated carbocycles. The van der Waals surface area contributed by atoms with Crippen LogP contribution in [-0.2, 0) is 13.1 Å². The molecular formula is C20H24ClN3O2. The van der Waals surface area contributed by atoms with E-state index in [1.807, 2.05) is 25.1 Å². The highest BCUT2D eigenvalue weighted by Crippen LogP contribution is 2.14. The number of carbonyl (C=O) groups is 1. The van der Waals surface area contributed by atoms with Crippen molar-refractivity contribution in [2.24, 2.45) is 0 Å².